The summed E-state index contributed by atoms with van der Waals surface area (Å²) in [5, 5.41) is 9.18. The fourth-order valence-electron chi connectivity index (χ4n) is 2.45. The van der Waals surface area contributed by atoms with Crippen LogP contribution in [-0.2, 0) is 11.2 Å². The van der Waals surface area contributed by atoms with Crippen LogP contribution in [0.3, 0.4) is 0 Å². The van der Waals surface area contributed by atoms with E-state index < -0.39 is 5.41 Å². The van der Waals surface area contributed by atoms with Crippen molar-refractivity contribution in [2.24, 2.45) is 10.4 Å². The summed E-state index contributed by atoms with van der Waals surface area (Å²) in [6, 6.07) is 5.97. The number of ether oxygens (including phenoxy) is 2. The van der Waals surface area contributed by atoms with Crippen molar-refractivity contribution in [3.63, 3.8) is 0 Å². The molecule has 0 unspecified atom stereocenters. The van der Waals surface area contributed by atoms with Crippen molar-refractivity contribution in [1.82, 2.24) is 16.0 Å². The van der Waals surface area contributed by atoms with Gasteiger partial charge in [-0.3, -0.25) is 9.79 Å². The highest BCUT2D eigenvalue weighted by Gasteiger charge is 2.26. The average molecular weight is 476 g/mol. The molecule has 0 aliphatic carbocycles. The molecule has 0 spiro atoms. The van der Waals surface area contributed by atoms with Gasteiger partial charge < -0.3 is 25.4 Å². The maximum Gasteiger partial charge on any atom is 0.231 e. The van der Waals surface area contributed by atoms with Gasteiger partial charge in [-0.25, -0.2) is 0 Å². The third-order valence-corrected chi connectivity index (χ3v) is 3.96. The minimum Gasteiger partial charge on any atom is -0.454 e. The standard InChI is InChI=1S/C18H28N4O3.HI/c1-5-20-17(22-11-18(2,3)16(23)19-4)21-9-8-13-6-7-14-15(10-13)25-12-24-14;/h6-7,10H,5,8-9,11-12H2,1-4H3,(H,19,23)(H2,20,21,22);1H. The number of benzene rings is 1. The molecule has 1 aliphatic rings. The van der Waals surface area contributed by atoms with E-state index in [1.54, 1.807) is 7.05 Å². The largest absolute Gasteiger partial charge is 0.454 e. The molecular weight excluding hydrogens is 447 g/mol. The zero-order valence-electron chi connectivity index (χ0n) is 15.8. The number of guanidine groups is 1. The third kappa shape index (κ3) is 6.22. The molecule has 0 saturated heterocycles. The van der Waals surface area contributed by atoms with Crippen LogP contribution < -0.4 is 25.4 Å². The maximum absolute atomic E-state index is 11.9. The topological polar surface area (TPSA) is 84.0 Å². The van der Waals surface area contributed by atoms with E-state index in [0.717, 1.165) is 31.0 Å². The molecule has 1 amide bonds. The molecule has 0 aromatic heterocycles. The van der Waals surface area contributed by atoms with Gasteiger partial charge in [0.2, 0.25) is 12.7 Å². The first-order valence-electron chi connectivity index (χ1n) is 8.59. The minimum atomic E-state index is -0.547. The van der Waals surface area contributed by atoms with Gasteiger partial charge in [-0.15, -0.1) is 24.0 Å². The third-order valence-electron chi connectivity index (χ3n) is 3.96. The van der Waals surface area contributed by atoms with Crippen molar-refractivity contribution in [2.75, 3.05) is 33.5 Å². The second-order valence-corrected chi connectivity index (χ2v) is 6.52. The van der Waals surface area contributed by atoms with Crippen LogP contribution in [0.2, 0.25) is 0 Å². The molecule has 1 aliphatic heterocycles. The van der Waals surface area contributed by atoms with Gasteiger partial charge in [-0.1, -0.05) is 6.07 Å². The van der Waals surface area contributed by atoms with E-state index >= 15 is 0 Å². The lowest BCUT2D eigenvalue weighted by molar-refractivity contribution is -0.128. The summed E-state index contributed by atoms with van der Waals surface area (Å²) in [6.45, 7) is 7.96. The number of carbonyl (C=O) groups excluding carboxylic acids is 1. The molecule has 26 heavy (non-hydrogen) atoms. The second kappa shape index (κ2) is 10.4. The van der Waals surface area contributed by atoms with E-state index in [0.29, 0.717) is 12.5 Å². The Morgan fingerprint density at radius 3 is 2.65 bits per heavy atom. The summed E-state index contributed by atoms with van der Waals surface area (Å²) in [6.07, 6.45) is 0.833. The Hall–Kier alpha value is -1.71. The van der Waals surface area contributed by atoms with Gasteiger partial charge in [-0.05, 0) is 44.9 Å². The molecule has 146 valence electrons. The van der Waals surface area contributed by atoms with Gasteiger partial charge in [0.15, 0.2) is 17.5 Å². The number of rotatable bonds is 7. The number of nitrogens with zero attached hydrogens (tertiary/aromatic N) is 1. The zero-order valence-corrected chi connectivity index (χ0v) is 18.2. The van der Waals surface area contributed by atoms with Gasteiger partial charge in [0.1, 0.15) is 0 Å². The predicted octanol–water partition coefficient (Wildman–Crippen LogP) is 1.90. The van der Waals surface area contributed by atoms with E-state index in [9.17, 15) is 4.79 Å². The monoisotopic (exact) mass is 476 g/mol. The van der Waals surface area contributed by atoms with E-state index in [4.69, 9.17) is 9.47 Å². The van der Waals surface area contributed by atoms with Crippen LogP contribution in [-0.4, -0.2) is 45.3 Å². The molecular formula is C18H29IN4O3. The molecule has 0 fully saturated rings. The SMILES string of the molecule is CCNC(=NCC(C)(C)C(=O)NC)NCCc1ccc2c(c1)OCO2.I. The maximum atomic E-state index is 11.9. The van der Waals surface area contributed by atoms with Crippen LogP contribution in [0.25, 0.3) is 0 Å². The number of hydrogen-bond acceptors (Lipinski definition) is 4. The first-order valence-corrected chi connectivity index (χ1v) is 8.59. The highest BCUT2D eigenvalue weighted by molar-refractivity contribution is 14.0. The molecule has 1 aromatic rings. The minimum absolute atomic E-state index is 0. The Labute approximate surface area is 172 Å². The summed E-state index contributed by atoms with van der Waals surface area (Å²) in [5.74, 6) is 2.28. The van der Waals surface area contributed by atoms with E-state index in [-0.39, 0.29) is 36.7 Å². The van der Waals surface area contributed by atoms with Crippen LogP contribution in [0.4, 0.5) is 0 Å². The molecule has 8 heteroatoms. The summed E-state index contributed by atoms with van der Waals surface area (Å²) < 4.78 is 10.7. The van der Waals surface area contributed by atoms with Crippen molar-refractivity contribution in [2.45, 2.75) is 27.2 Å². The van der Waals surface area contributed by atoms with Crippen molar-refractivity contribution >= 4 is 35.8 Å². The molecule has 0 radical (unpaired) electrons. The summed E-state index contributed by atoms with van der Waals surface area (Å²) in [5.41, 5.74) is 0.618. The predicted molar refractivity (Wildman–Crippen MR) is 114 cm³/mol. The van der Waals surface area contributed by atoms with Crippen LogP contribution in [0, 0.1) is 5.41 Å². The molecule has 7 nitrogen and oxygen atoms in total. The first kappa shape index (κ1) is 22.3. The lowest BCUT2D eigenvalue weighted by Gasteiger charge is -2.21. The number of amides is 1. The number of fused-ring (bicyclic) bond motifs is 1. The highest BCUT2D eigenvalue weighted by Crippen LogP contribution is 2.32. The number of nitrogens with one attached hydrogen (secondary N) is 3. The van der Waals surface area contributed by atoms with Crippen molar-refractivity contribution < 1.29 is 14.3 Å². The van der Waals surface area contributed by atoms with E-state index in [2.05, 4.69) is 20.9 Å². The Balaban J connectivity index is 0.00000338. The number of aliphatic imine (C=N–C) groups is 1. The van der Waals surface area contributed by atoms with Crippen LogP contribution in [0.15, 0.2) is 23.2 Å². The van der Waals surface area contributed by atoms with Crippen molar-refractivity contribution in [3.05, 3.63) is 23.8 Å². The summed E-state index contributed by atoms with van der Waals surface area (Å²) >= 11 is 0. The van der Waals surface area contributed by atoms with Gasteiger partial charge in [0, 0.05) is 20.1 Å². The lowest BCUT2D eigenvalue weighted by Crippen LogP contribution is -2.41. The quantitative estimate of drug-likeness (QED) is 0.318. The van der Waals surface area contributed by atoms with E-state index in [1.165, 1.54) is 5.56 Å². The first-order chi connectivity index (χ1) is 12.0. The second-order valence-electron chi connectivity index (χ2n) is 6.52. The normalized spacial score (nSPS) is 13.0. The summed E-state index contributed by atoms with van der Waals surface area (Å²) in [7, 11) is 1.64. The molecule has 1 heterocycles. The van der Waals surface area contributed by atoms with Gasteiger partial charge in [-0.2, -0.15) is 0 Å². The van der Waals surface area contributed by atoms with Gasteiger partial charge >= 0.3 is 0 Å². The molecule has 3 N–H and O–H groups in total. The molecule has 0 atom stereocenters. The van der Waals surface area contributed by atoms with Crippen LogP contribution in [0.5, 0.6) is 11.5 Å². The van der Waals surface area contributed by atoms with E-state index in [1.807, 2.05) is 39.0 Å². The Bertz CT molecular complexity index is 635. The average Bonchev–Trinajstić information content (AvgIpc) is 3.06. The lowest BCUT2D eigenvalue weighted by atomic mass is 9.93. The Morgan fingerprint density at radius 2 is 1.96 bits per heavy atom. The van der Waals surface area contributed by atoms with Gasteiger partial charge in [0.25, 0.3) is 0 Å². The van der Waals surface area contributed by atoms with Crippen molar-refractivity contribution in [1.29, 1.82) is 0 Å². The zero-order chi connectivity index (χ0) is 18.3. The fourth-order valence-corrected chi connectivity index (χ4v) is 2.45. The number of halogens is 1. The Kier molecular flexibility index (Phi) is 8.97. The molecule has 0 saturated carbocycles. The molecule has 1 aromatic carbocycles. The smallest absolute Gasteiger partial charge is 0.231 e. The highest BCUT2D eigenvalue weighted by atomic mass is 127. The molecule has 0 bridgehead atoms. The van der Waals surface area contributed by atoms with Gasteiger partial charge in [0.05, 0.1) is 12.0 Å². The van der Waals surface area contributed by atoms with Crippen LogP contribution in [0.1, 0.15) is 26.3 Å². The number of hydrogen-bond donors (Lipinski definition) is 3. The summed E-state index contributed by atoms with van der Waals surface area (Å²) in [4.78, 5) is 16.4. The van der Waals surface area contributed by atoms with Crippen LogP contribution >= 0.6 is 24.0 Å². The number of carbonyl (C=O) groups is 1. The molecule has 2 rings (SSSR count). The fraction of sp³-hybridized carbons (Fsp3) is 0.556. The van der Waals surface area contributed by atoms with Crippen molar-refractivity contribution in [3.8, 4) is 11.5 Å². The Morgan fingerprint density at radius 1 is 1.23 bits per heavy atom.